The van der Waals surface area contributed by atoms with Gasteiger partial charge in [0.2, 0.25) is 0 Å². The van der Waals surface area contributed by atoms with Gasteiger partial charge in [-0.25, -0.2) is 4.79 Å². The number of esters is 1. The average Bonchev–Trinajstić information content (AvgIpc) is 2.49. The maximum Gasteiger partial charge on any atom is 0.335 e. The lowest BCUT2D eigenvalue weighted by Gasteiger charge is -2.67. The second kappa shape index (κ2) is 4.09. The molecular weight excluding hydrogens is 260 g/mol. The van der Waals surface area contributed by atoms with Crippen LogP contribution in [0.5, 0.6) is 0 Å². The van der Waals surface area contributed by atoms with E-state index in [2.05, 4.69) is 58.9 Å². The van der Waals surface area contributed by atoms with Crippen molar-refractivity contribution in [3.05, 3.63) is 52.1 Å². The fourth-order valence-corrected chi connectivity index (χ4v) is 4.31. The highest BCUT2D eigenvalue weighted by Crippen LogP contribution is 2.77. The molecule has 0 amide bonds. The van der Waals surface area contributed by atoms with E-state index in [0.29, 0.717) is 0 Å². The molecule has 0 aliphatic heterocycles. The third-order valence-electron chi connectivity index (χ3n) is 6.04. The monoisotopic (exact) mass is 282 g/mol. The van der Waals surface area contributed by atoms with Gasteiger partial charge in [-0.3, -0.25) is 0 Å². The minimum absolute atomic E-state index is 0.0458. The van der Waals surface area contributed by atoms with Gasteiger partial charge >= 0.3 is 5.97 Å². The lowest BCUT2D eigenvalue weighted by atomic mass is 9.35. The summed E-state index contributed by atoms with van der Waals surface area (Å²) in [6, 6.07) is 8.42. The topological polar surface area (TPSA) is 26.3 Å². The van der Waals surface area contributed by atoms with E-state index in [1.807, 2.05) is 0 Å². The molecule has 21 heavy (non-hydrogen) atoms. The number of aryl methyl sites for hydroxylation is 1. The zero-order chi connectivity index (χ0) is 15.6. The summed E-state index contributed by atoms with van der Waals surface area (Å²) >= 11 is 0. The van der Waals surface area contributed by atoms with Crippen LogP contribution in [-0.4, -0.2) is 13.1 Å². The number of allylic oxidation sites excluding steroid dienone is 3. The van der Waals surface area contributed by atoms with Crippen LogP contribution in [0.25, 0.3) is 5.57 Å². The molecule has 0 fully saturated rings. The number of benzene rings is 1. The Hall–Kier alpha value is -1.83. The van der Waals surface area contributed by atoms with Crippen LogP contribution >= 0.6 is 0 Å². The predicted molar refractivity (Wildman–Crippen MR) is 84.7 cm³/mol. The van der Waals surface area contributed by atoms with E-state index in [9.17, 15) is 4.79 Å². The third-order valence-corrected chi connectivity index (χ3v) is 6.04. The van der Waals surface area contributed by atoms with Crippen LogP contribution in [0.15, 0.2) is 41.0 Å². The molecule has 2 heteroatoms. The van der Waals surface area contributed by atoms with Gasteiger partial charge < -0.3 is 4.74 Å². The summed E-state index contributed by atoms with van der Waals surface area (Å²) in [7, 11) is 1.46. The van der Waals surface area contributed by atoms with Crippen LogP contribution in [0.4, 0.5) is 0 Å². The van der Waals surface area contributed by atoms with E-state index in [1.165, 1.54) is 23.8 Å². The van der Waals surface area contributed by atoms with Crippen LogP contribution in [-0.2, 0) is 9.53 Å². The summed E-state index contributed by atoms with van der Waals surface area (Å²) in [4.78, 5) is 12.3. The molecule has 0 heterocycles. The Morgan fingerprint density at radius 1 is 0.952 bits per heavy atom. The van der Waals surface area contributed by atoms with Crippen LogP contribution < -0.4 is 0 Å². The Kier molecular flexibility index (Phi) is 2.75. The smallest absolute Gasteiger partial charge is 0.335 e. The molecule has 0 saturated carbocycles. The predicted octanol–water partition coefficient (Wildman–Crippen LogP) is 4.30. The van der Waals surface area contributed by atoms with E-state index in [0.717, 1.165) is 16.7 Å². The van der Waals surface area contributed by atoms with Crippen LogP contribution in [0.1, 0.15) is 38.8 Å². The summed E-state index contributed by atoms with van der Waals surface area (Å²) < 4.78 is 5.06. The molecule has 1 aromatic rings. The molecule has 0 spiro atoms. The van der Waals surface area contributed by atoms with Gasteiger partial charge in [-0.1, -0.05) is 54.8 Å². The molecule has 2 aliphatic rings. The zero-order valence-electron chi connectivity index (χ0n) is 13.6. The number of carbonyl (C=O) groups is 1. The molecule has 2 unspecified atom stereocenters. The highest BCUT2D eigenvalue weighted by Gasteiger charge is 2.69. The fraction of sp³-hybridized carbons (Fsp3) is 0.421. The normalized spacial score (nSPS) is 30.6. The molecule has 0 radical (unpaired) electrons. The molecule has 2 nitrogen and oxygen atoms in total. The zero-order valence-corrected chi connectivity index (χ0v) is 13.6. The minimum Gasteiger partial charge on any atom is -0.466 e. The van der Waals surface area contributed by atoms with Gasteiger partial charge in [0.1, 0.15) is 0 Å². The SMILES string of the molecule is COC(=O)C1=C(c2ccc(C)cc2)C2(C)C(C)=C(C)C12C. The van der Waals surface area contributed by atoms with Crippen molar-refractivity contribution in [2.24, 2.45) is 10.8 Å². The Balaban J connectivity index is 2.23. The number of ether oxygens (including phenoxy) is 1. The highest BCUT2D eigenvalue weighted by molar-refractivity contribution is 6.09. The van der Waals surface area contributed by atoms with Crippen LogP contribution in [0, 0.1) is 17.8 Å². The summed E-state index contributed by atoms with van der Waals surface area (Å²) in [6.07, 6.45) is 0. The van der Waals surface area contributed by atoms with E-state index in [1.54, 1.807) is 0 Å². The molecule has 0 N–H and O–H groups in total. The first-order chi connectivity index (χ1) is 9.80. The molecule has 2 atom stereocenters. The van der Waals surface area contributed by atoms with Crippen molar-refractivity contribution in [3.8, 4) is 0 Å². The maximum absolute atomic E-state index is 12.3. The standard InChI is InChI=1S/C19H22O2/c1-11-7-9-14(10-8-11)15-16(17(20)21-6)19(5)13(3)12(2)18(15,19)4/h7-10H,1-6H3. The molecule has 2 aliphatic carbocycles. The Bertz CT molecular complexity index is 706. The number of hydrogen-bond donors (Lipinski definition) is 0. The molecule has 3 rings (SSSR count). The Morgan fingerprint density at radius 3 is 2.00 bits per heavy atom. The van der Waals surface area contributed by atoms with E-state index >= 15 is 0 Å². The third kappa shape index (κ3) is 1.36. The fourth-order valence-electron chi connectivity index (χ4n) is 4.31. The first kappa shape index (κ1) is 14.1. The van der Waals surface area contributed by atoms with Gasteiger partial charge in [-0.15, -0.1) is 0 Å². The first-order valence-corrected chi connectivity index (χ1v) is 7.39. The minimum atomic E-state index is -0.197. The molecule has 110 valence electrons. The maximum atomic E-state index is 12.3. The quantitative estimate of drug-likeness (QED) is 0.597. The van der Waals surface area contributed by atoms with Gasteiger partial charge in [-0.2, -0.15) is 0 Å². The lowest BCUT2D eigenvalue weighted by Crippen LogP contribution is -2.60. The average molecular weight is 282 g/mol. The van der Waals surface area contributed by atoms with Gasteiger partial charge in [0.15, 0.2) is 0 Å². The summed E-state index contributed by atoms with van der Waals surface area (Å²) in [5.41, 5.74) is 6.80. The summed E-state index contributed by atoms with van der Waals surface area (Å²) in [6.45, 7) is 10.8. The van der Waals surface area contributed by atoms with Crippen molar-refractivity contribution < 1.29 is 9.53 Å². The number of fused-ring (bicyclic) bond motifs is 1. The molecule has 0 aromatic heterocycles. The molecule has 1 aromatic carbocycles. The van der Waals surface area contributed by atoms with Crippen LogP contribution in [0.2, 0.25) is 0 Å². The van der Waals surface area contributed by atoms with E-state index in [-0.39, 0.29) is 16.8 Å². The van der Waals surface area contributed by atoms with Crippen molar-refractivity contribution in [1.29, 1.82) is 0 Å². The number of methoxy groups -OCH3 is 1. The van der Waals surface area contributed by atoms with Gasteiger partial charge in [-0.05, 0) is 31.9 Å². The first-order valence-electron chi connectivity index (χ1n) is 7.39. The summed E-state index contributed by atoms with van der Waals surface area (Å²) in [5, 5.41) is 0. The van der Waals surface area contributed by atoms with Crippen molar-refractivity contribution >= 4 is 11.5 Å². The Morgan fingerprint density at radius 2 is 1.48 bits per heavy atom. The molecular formula is C19H22O2. The van der Waals surface area contributed by atoms with E-state index in [4.69, 9.17) is 4.74 Å². The van der Waals surface area contributed by atoms with Crippen molar-refractivity contribution in [2.75, 3.05) is 7.11 Å². The van der Waals surface area contributed by atoms with Crippen LogP contribution in [0.3, 0.4) is 0 Å². The van der Waals surface area contributed by atoms with Crippen molar-refractivity contribution in [1.82, 2.24) is 0 Å². The van der Waals surface area contributed by atoms with E-state index < -0.39 is 0 Å². The second-order valence-electron chi connectivity index (χ2n) is 6.61. The number of rotatable bonds is 2. The van der Waals surface area contributed by atoms with Gasteiger partial charge in [0.25, 0.3) is 0 Å². The number of carbonyl (C=O) groups excluding carboxylic acids is 1. The number of hydrogen-bond acceptors (Lipinski definition) is 2. The van der Waals surface area contributed by atoms with Crippen molar-refractivity contribution in [2.45, 2.75) is 34.6 Å². The highest BCUT2D eigenvalue weighted by atomic mass is 16.5. The Labute approximate surface area is 126 Å². The second-order valence-corrected chi connectivity index (χ2v) is 6.61. The van der Waals surface area contributed by atoms with Crippen molar-refractivity contribution in [3.63, 3.8) is 0 Å². The lowest BCUT2D eigenvalue weighted by molar-refractivity contribution is -0.138. The largest absolute Gasteiger partial charge is 0.466 e. The summed E-state index contributed by atoms with van der Waals surface area (Å²) in [5.74, 6) is -0.197. The van der Waals surface area contributed by atoms with Gasteiger partial charge in [0.05, 0.1) is 12.7 Å². The van der Waals surface area contributed by atoms with Gasteiger partial charge in [0, 0.05) is 10.8 Å². The molecule has 0 bridgehead atoms. The molecule has 0 saturated heterocycles.